The van der Waals surface area contributed by atoms with Crippen molar-refractivity contribution in [1.82, 2.24) is 9.55 Å². The Kier molecular flexibility index (Phi) is 9.86. The molecule has 1 unspecified atom stereocenters. The molecule has 2 heterocycles. The first-order valence-corrected chi connectivity index (χ1v) is 14.6. The minimum absolute atomic E-state index is 0.0776. The first-order chi connectivity index (χ1) is 21.7. The Morgan fingerprint density at radius 2 is 1.44 bits per heavy atom. The van der Waals surface area contributed by atoms with E-state index in [-0.39, 0.29) is 18.8 Å². The second kappa shape index (κ2) is 13.8. The number of hydrogen-bond acceptors (Lipinski definition) is 10. The Morgan fingerprint density at radius 3 is 1.98 bits per heavy atom. The van der Waals surface area contributed by atoms with E-state index in [4.69, 9.17) is 29.4 Å². The molecule has 0 radical (unpaired) electrons. The largest absolute Gasteiger partial charge is 0.497 e. The second-order valence-electron chi connectivity index (χ2n) is 10.9. The quantitative estimate of drug-likeness (QED) is 0.203. The van der Waals surface area contributed by atoms with Crippen molar-refractivity contribution in [3.63, 3.8) is 0 Å². The van der Waals surface area contributed by atoms with Gasteiger partial charge >= 0.3 is 5.69 Å². The summed E-state index contributed by atoms with van der Waals surface area (Å²) in [5, 5.41) is 22.6. The first-order valence-electron chi connectivity index (χ1n) is 14.6. The van der Waals surface area contributed by atoms with Crippen LogP contribution in [0.2, 0.25) is 0 Å². The number of aryl methyl sites for hydroxylation is 1. The molecule has 4 aromatic rings. The molecule has 1 aliphatic heterocycles. The van der Waals surface area contributed by atoms with Crippen LogP contribution in [0.3, 0.4) is 0 Å². The Morgan fingerprint density at radius 1 is 0.889 bits per heavy atom. The average Bonchev–Trinajstić information content (AvgIpc) is 3.36. The molecule has 3 aromatic carbocycles. The van der Waals surface area contributed by atoms with Crippen molar-refractivity contribution in [1.29, 1.82) is 0 Å². The third kappa shape index (κ3) is 6.31. The van der Waals surface area contributed by atoms with Crippen molar-refractivity contribution in [2.45, 2.75) is 49.6 Å². The highest BCUT2D eigenvalue weighted by Gasteiger charge is 2.51. The Bertz CT molecular complexity index is 1560. The molecule has 5 rings (SSSR count). The van der Waals surface area contributed by atoms with E-state index in [1.807, 2.05) is 78.9 Å². The van der Waals surface area contributed by atoms with Gasteiger partial charge in [-0.15, -0.1) is 0 Å². The summed E-state index contributed by atoms with van der Waals surface area (Å²) in [7, 11) is 4.77. The number of aliphatic hydroxyl groups excluding tert-OH is 2. The maximum Gasteiger partial charge on any atom is 0.351 e. The summed E-state index contributed by atoms with van der Waals surface area (Å²) in [6, 6.07) is 24.8. The van der Waals surface area contributed by atoms with E-state index < -0.39 is 41.9 Å². The lowest BCUT2D eigenvalue weighted by atomic mass is 9.79. The van der Waals surface area contributed by atoms with Crippen LogP contribution in [0.25, 0.3) is 0 Å². The molecule has 0 spiro atoms. The Labute approximate surface area is 261 Å². The van der Waals surface area contributed by atoms with Gasteiger partial charge in [0.15, 0.2) is 6.23 Å². The van der Waals surface area contributed by atoms with E-state index in [1.54, 1.807) is 28.3 Å². The van der Waals surface area contributed by atoms with Crippen molar-refractivity contribution < 1.29 is 33.9 Å². The van der Waals surface area contributed by atoms with Gasteiger partial charge in [0.2, 0.25) is 0 Å². The van der Waals surface area contributed by atoms with Crippen LogP contribution in [0.5, 0.6) is 11.5 Å². The number of aromatic nitrogens is 2. The van der Waals surface area contributed by atoms with E-state index in [9.17, 15) is 15.0 Å². The average molecular weight is 618 g/mol. The molecule has 0 amide bonds. The summed E-state index contributed by atoms with van der Waals surface area (Å²) in [5.41, 5.74) is 6.77. The molecule has 0 bridgehead atoms. The zero-order chi connectivity index (χ0) is 32.1. The van der Waals surface area contributed by atoms with Crippen molar-refractivity contribution in [2.75, 3.05) is 33.7 Å². The normalized spacial score (nSPS) is 20.6. The molecule has 0 aliphatic carbocycles. The number of nitrogens with two attached hydrogens (primary N) is 1. The monoisotopic (exact) mass is 617 g/mol. The van der Waals surface area contributed by atoms with Gasteiger partial charge in [0, 0.05) is 25.5 Å². The van der Waals surface area contributed by atoms with Crippen molar-refractivity contribution in [3.05, 3.63) is 118 Å². The third-order valence-corrected chi connectivity index (χ3v) is 8.20. The Balaban J connectivity index is 1.66. The van der Waals surface area contributed by atoms with Crippen LogP contribution < -0.4 is 20.9 Å². The zero-order valence-electron chi connectivity index (χ0n) is 25.7. The highest BCUT2D eigenvalue weighted by atomic mass is 16.6. The minimum Gasteiger partial charge on any atom is -0.497 e. The number of aliphatic hydroxyl groups is 2. The van der Waals surface area contributed by atoms with Gasteiger partial charge in [0.1, 0.15) is 41.2 Å². The molecule has 11 nitrogen and oxygen atoms in total. The van der Waals surface area contributed by atoms with Crippen molar-refractivity contribution >= 4 is 5.82 Å². The van der Waals surface area contributed by atoms with Crippen LogP contribution in [0, 0.1) is 6.92 Å². The maximum absolute atomic E-state index is 12.8. The van der Waals surface area contributed by atoms with Crippen LogP contribution >= 0.6 is 0 Å². The Hall–Kier alpha value is -4.26. The predicted octanol–water partition coefficient (Wildman–Crippen LogP) is 3.18. The summed E-state index contributed by atoms with van der Waals surface area (Å²) in [5.74, 6) is 1.42. The topological polar surface area (TPSA) is 148 Å². The highest BCUT2D eigenvalue weighted by Crippen LogP contribution is 2.45. The first kappa shape index (κ1) is 32.1. The summed E-state index contributed by atoms with van der Waals surface area (Å²) in [4.78, 5) is 16.6. The van der Waals surface area contributed by atoms with Crippen molar-refractivity contribution in [2.24, 2.45) is 0 Å². The molecule has 1 fully saturated rings. The number of nitrogen functional groups attached to an aromatic ring is 1. The number of nitrogens with zero attached hydrogens (tertiary/aromatic N) is 2. The van der Waals surface area contributed by atoms with Crippen LogP contribution in [-0.2, 0) is 19.8 Å². The van der Waals surface area contributed by atoms with Crippen LogP contribution in [0.4, 0.5) is 5.82 Å². The molecule has 1 aromatic heterocycles. The molecule has 1 aliphatic rings. The molecule has 0 saturated carbocycles. The fourth-order valence-electron chi connectivity index (χ4n) is 5.76. The van der Waals surface area contributed by atoms with E-state index in [0.717, 1.165) is 21.3 Å². The molecule has 11 heteroatoms. The minimum atomic E-state index is -1.46. The maximum atomic E-state index is 12.8. The molecule has 1 saturated heterocycles. The predicted molar refractivity (Wildman–Crippen MR) is 167 cm³/mol. The lowest BCUT2D eigenvalue weighted by Crippen LogP contribution is -2.46. The number of methoxy groups -OCH3 is 3. The van der Waals surface area contributed by atoms with Gasteiger partial charge in [0.05, 0.1) is 20.3 Å². The molecule has 45 heavy (non-hydrogen) atoms. The fourth-order valence-corrected chi connectivity index (χ4v) is 5.76. The van der Waals surface area contributed by atoms with Crippen LogP contribution in [0.1, 0.15) is 34.9 Å². The molecular weight excluding hydrogens is 578 g/mol. The summed E-state index contributed by atoms with van der Waals surface area (Å²) >= 11 is 0. The number of hydrogen-bond donors (Lipinski definition) is 3. The number of benzene rings is 3. The summed E-state index contributed by atoms with van der Waals surface area (Å²) in [6.07, 6.45) is -4.27. The van der Waals surface area contributed by atoms with Gasteiger partial charge in [-0.1, -0.05) is 54.6 Å². The number of rotatable bonds is 12. The molecule has 238 valence electrons. The lowest BCUT2D eigenvalue weighted by molar-refractivity contribution is -0.150. The second-order valence-corrected chi connectivity index (χ2v) is 10.9. The summed E-state index contributed by atoms with van der Waals surface area (Å²) in [6.45, 7) is 1.95. The van der Waals surface area contributed by atoms with Gasteiger partial charge in [0.25, 0.3) is 0 Å². The fraction of sp³-hybridized carbons (Fsp3) is 0.353. The van der Waals surface area contributed by atoms with Crippen LogP contribution in [0.15, 0.2) is 89.9 Å². The summed E-state index contributed by atoms with van der Waals surface area (Å²) < 4.78 is 31.0. The number of anilines is 1. The third-order valence-electron chi connectivity index (χ3n) is 8.20. The van der Waals surface area contributed by atoms with Gasteiger partial charge in [-0.3, -0.25) is 4.57 Å². The molecule has 4 N–H and O–H groups in total. The van der Waals surface area contributed by atoms with Crippen LogP contribution in [-0.4, -0.2) is 72.1 Å². The van der Waals surface area contributed by atoms with E-state index >= 15 is 0 Å². The lowest BCUT2D eigenvalue weighted by Gasteiger charge is -2.41. The SMILES string of the molecule is COCCC(OC(c1ccccc1)(c1ccc(OC)cc1)c1ccc(OC)cc1)[C@H]1O[C@@H](n2cc(C)c(N)nc2=O)[C@H](O)[C@@H]1O. The van der Waals surface area contributed by atoms with Gasteiger partial charge < -0.3 is 39.6 Å². The van der Waals surface area contributed by atoms with E-state index in [0.29, 0.717) is 17.1 Å². The molecular formula is C34H39N3O8. The van der Waals surface area contributed by atoms with E-state index in [2.05, 4.69) is 4.98 Å². The molecule has 5 atom stereocenters. The van der Waals surface area contributed by atoms with Crippen molar-refractivity contribution in [3.8, 4) is 11.5 Å². The standard InChI is InChI=1S/C34H39N3O8/c1-21-20-37(33(40)36-31(21)35)32-29(39)28(38)30(44-32)27(18-19-41-2)45-34(22-8-6-5-7-9-22,23-10-14-25(42-3)15-11-23)24-12-16-26(43-4)17-13-24/h5-17,20,27-30,32,38-39H,18-19H2,1-4H3,(H2,35,36,40)/t27?,28-,29+,30+,32+/m0/s1. The van der Waals surface area contributed by atoms with Gasteiger partial charge in [-0.25, -0.2) is 4.79 Å². The zero-order valence-corrected chi connectivity index (χ0v) is 25.7. The number of ether oxygens (including phenoxy) is 5. The van der Waals surface area contributed by atoms with E-state index in [1.165, 1.54) is 6.20 Å². The smallest absolute Gasteiger partial charge is 0.351 e. The van der Waals surface area contributed by atoms with Gasteiger partial charge in [-0.2, -0.15) is 4.98 Å². The van der Waals surface area contributed by atoms with Gasteiger partial charge in [-0.05, 0) is 54.3 Å². The highest BCUT2D eigenvalue weighted by molar-refractivity contribution is 5.50.